The summed E-state index contributed by atoms with van der Waals surface area (Å²) in [4.78, 5) is 61.2. The zero-order chi connectivity index (χ0) is 46.4. The van der Waals surface area contributed by atoms with Gasteiger partial charge in [-0.2, -0.15) is 5.10 Å². The van der Waals surface area contributed by atoms with Crippen LogP contribution in [0.4, 0.5) is 11.4 Å². The van der Waals surface area contributed by atoms with Crippen molar-refractivity contribution in [3.63, 3.8) is 0 Å². The molecular formula is C50H60N10O7. The highest BCUT2D eigenvalue weighted by Crippen LogP contribution is 2.35. The predicted molar refractivity (Wildman–Crippen MR) is 252 cm³/mol. The largest absolute Gasteiger partial charge is 0.494 e. The van der Waals surface area contributed by atoms with Crippen molar-refractivity contribution in [2.24, 2.45) is 0 Å². The van der Waals surface area contributed by atoms with E-state index in [1.807, 2.05) is 79.7 Å². The van der Waals surface area contributed by atoms with E-state index in [0.29, 0.717) is 69.5 Å². The number of aromatic amines is 1. The minimum absolute atomic E-state index is 0.167. The second-order valence-corrected chi connectivity index (χ2v) is 17.2. The van der Waals surface area contributed by atoms with E-state index >= 15 is 0 Å². The fraction of sp³-hybridized carbons (Fsp3) is 0.420. The van der Waals surface area contributed by atoms with Crippen molar-refractivity contribution in [3.05, 3.63) is 119 Å². The van der Waals surface area contributed by atoms with Gasteiger partial charge in [0.1, 0.15) is 11.8 Å². The Labute approximate surface area is 390 Å². The van der Waals surface area contributed by atoms with E-state index in [0.717, 1.165) is 91.3 Å². The molecule has 0 spiro atoms. The number of hydrogen-bond donors (Lipinski definition) is 6. The molecule has 17 nitrogen and oxygen atoms in total. The first-order valence-corrected chi connectivity index (χ1v) is 23.4. The van der Waals surface area contributed by atoms with E-state index in [1.165, 1.54) is 0 Å². The Morgan fingerprint density at radius 3 is 2.49 bits per heavy atom. The van der Waals surface area contributed by atoms with E-state index in [9.17, 15) is 19.2 Å². The molecule has 3 aliphatic heterocycles. The van der Waals surface area contributed by atoms with Crippen molar-refractivity contribution in [2.75, 3.05) is 63.3 Å². The molecule has 3 aliphatic rings. The molecule has 67 heavy (non-hydrogen) atoms. The molecular weight excluding hydrogens is 853 g/mol. The van der Waals surface area contributed by atoms with Gasteiger partial charge in [0.2, 0.25) is 11.8 Å². The monoisotopic (exact) mass is 912 g/mol. The van der Waals surface area contributed by atoms with Gasteiger partial charge in [-0.3, -0.25) is 34.6 Å². The Balaban J connectivity index is 0.688. The van der Waals surface area contributed by atoms with Crippen molar-refractivity contribution in [2.45, 2.75) is 82.5 Å². The van der Waals surface area contributed by atoms with Crippen LogP contribution < -0.4 is 31.3 Å². The summed E-state index contributed by atoms with van der Waals surface area (Å²) in [6.45, 7) is 7.46. The Kier molecular flexibility index (Phi) is 15.8. The molecule has 0 saturated carbocycles. The number of H-pyrrole nitrogens is 1. The number of amides is 4. The molecule has 5 aromatic rings. The smallest absolute Gasteiger partial charge is 0.255 e. The van der Waals surface area contributed by atoms with E-state index in [2.05, 4.69) is 41.8 Å². The number of nitrogens with zero attached hydrogens (tertiary/aromatic N) is 4. The molecule has 4 amide bonds. The van der Waals surface area contributed by atoms with Gasteiger partial charge in [0.25, 0.3) is 11.8 Å². The van der Waals surface area contributed by atoms with Crippen molar-refractivity contribution in [1.29, 1.82) is 0 Å². The van der Waals surface area contributed by atoms with Gasteiger partial charge in [-0.25, -0.2) is 4.98 Å². The van der Waals surface area contributed by atoms with Gasteiger partial charge in [0, 0.05) is 85.4 Å². The summed E-state index contributed by atoms with van der Waals surface area (Å²) in [5.74, 6) is 1.07. The molecule has 0 radical (unpaired) electrons. The van der Waals surface area contributed by atoms with E-state index in [-0.39, 0.29) is 30.2 Å². The SMILES string of the molecule is C[C@@H](NC(=O)c1cccc(NC2(c3nc(-c4ccncc4)n[nH]3)CCNCC2)c1)c1cccc(OCCCCCOCCCOCCNc2cccc3c2CN(C2CCC(=O)NC2=O)C3=O)c1. The normalized spacial score (nSPS) is 17.1. The van der Waals surface area contributed by atoms with Gasteiger partial charge < -0.3 is 40.4 Å². The van der Waals surface area contributed by atoms with Gasteiger partial charge >= 0.3 is 0 Å². The summed E-state index contributed by atoms with van der Waals surface area (Å²) in [5.41, 5.74) is 5.03. The number of carbonyl (C=O) groups excluding carboxylic acids is 4. The first kappa shape index (κ1) is 46.8. The van der Waals surface area contributed by atoms with E-state index in [4.69, 9.17) is 19.2 Å². The number of imide groups is 1. The molecule has 2 saturated heterocycles. The third-order valence-electron chi connectivity index (χ3n) is 12.5. The molecule has 5 heterocycles. The average molecular weight is 913 g/mol. The van der Waals surface area contributed by atoms with E-state index in [1.54, 1.807) is 23.4 Å². The van der Waals surface area contributed by atoms with Crippen molar-refractivity contribution >= 4 is 35.0 Å². The third kappa shape index (κ3) is 12.0. The molecule has 6 N–H and O–H groups in total. The van der Waals surface area contributed by atoms with Crippen LogP contribution in [-0.2, 0) is 31.1 Å². The van der Waals surface area contributed by atoms with Crippen LogP contribution in [0.3, 0.4) is 0 Å². The first-order chi connectivity index (χ1) is 32.8. The number of pyridine rings is 1. The molecule has 352 valence electrons. The minimum Gasteiger partial charge on any atom is -0.494 e. The number of nitrogens with one attached hydrogen (secondary N) is 6. The molecule has 3 aromatic carbocycles. The zero-order valence-electron chi connectivity index (χ0n) is 38.0. The maximum absolute atomic E-state index is 13.6. The maximum atomic E-state index is 13.6. The lowest BCUT2D eigenvalue weighted by atomic mass is 9.87. The average Bonchev–Trinajstić information content (AvgIpc) is 3.99. The summed E-state index contributed by atoms with van der Waals surface area (Å²) >= 11 is 0. The summed E-state index contributed by atoms with van der Waals surface area (Å²) in [6.07, 6.45) is 9.20. The van der Waals surface area contributed by atoms with Gasteiger partial charge in [-0.1, -0.05) is 24.3 Å². The Morgan fingerprint density at radius 2 is 1.66 bits per heavy atom. The number of aromatic nitrogens is 4. The maximum Gasteiger partial charge on any atom is 0.255 e. The number of benzene rings is 3. The Hall–Kier alpha value is -6.69. The molecule has 2 aromatic heterocycles. The number of ether oxygens (including phenoxy) is 3. The second-order valence-electron chi connectivity index (χ2n) is 17.2. The van der Waals surface area contributed by atoms with Gasteiger partial charge in [0.15, 0.2) is 11.6 Å². The first-order valence-electron chi connectivity index (χ1n) is 23.4. The van der Waals surface area contributed by atoms with Crippen LogP contribution in [0.2, 0.25) is 0 Å². The lowest BCUT2D eigenvalue weighted by Gasteiger charge is -2.37. The van der Waals surface area contributed by atoms with Gasteiger partial charge in [-0.05, 0) is 125 Å². The quantitative estimate of drug-likeness (QED) is 0.0334. The van der Waals surface area contributed by atoms with Crippen LogP contribution >= 0.6 is 0 Å². The highest BCUT2D eigenvalue weighted by Gasteiger charge is 2.40. The standard InChI is InChI=1S/C50H60N10O7/c1-34(54-46(62)37-10-5-11-38(31-37)57-50(19-23-52-24-20-50)49-56-45(58-59-49)35-17-21-51-22-18-35)36-9-6-12-39(32-36)67-29-4-2-3-26-65-27-8-28-66-30-25-53-42-14-7-13-40-41(42)33-60(48(40)64)43-15-16-44(61)55-47(43)63/h5-7,9-14,17-18,21-22,31-32,34,43,52-53,57H,2-4,8,15-16,19-20,23-30,33H2,1H3,(H,54,62)(H,55,61,63)(H,56,58,59)/t34-,43?/m1/s1. The molecule has 0 bridgehead atoms. The van der Waals surface area contributed by atoms with Crippen LogP contribution in [0.1, 0.15) is 102 Å². The van der Waals surface area contributed by atoms with Crippen molar-refractivity contribution < 1.29 is 33.4 Å². The van der Waals surface area contributed by atoms with E-state index < -0.39 is 17.5 Å². The Morgan fingerprint density at radius 1 is 0.881 bits per heavy atom. The molecule has 2 atom stereocenters. The fourth-order valence-corrected chi connectivity index (χ4v) is 8.78. The number of unbranched alkanes of at least 4 members (excludes halogenated alkanes) is 2. The predicted octanol–water partition coefficient (Wildman–Crippen LogP) is 5.89. The molecule has 17 heteroatoms. The van der Waals surface area contributed by atoms with Crippen LogP contribution in [0.5, 0.6) is 5.75 Å². The summed E-state index contributed by atoms with van der Waals surface area (Å²) in [5, 5.41) is 23.7. The second kappa shape index (κ2) is 22.7. The molecule has 0 aliphatic carbocycles. The number of fused-ring (bicyclic) bond motifs is 1. The van der Waals surface area contributed by atoms with Gasteiger partial charge in [-0.15, -0.1) is 0 Å². The summed E-state index contributed by atoms with van der Waals surface area (Å²) in [7, 11) is 0. The molecule has 2 fully saturated rings. The lowest BCUT2D eigenvalue weighted by Crippen LogP contribution is -2.52. The third-order valence-corrected chi connectivity index (χ3v) is 12.5. The fourth-order valence-electron chi connectivity index (χ4n) is 8.78. The topological polar surface area (TPSA) is 214 Å². The van der Waals surface area contributed by atoms with Crippen LogP contribution in [0.15, 0.2) is 91.3 Å². The van der Waals surface area contributed by atoms with Crippen LogP contribution in [-0.4, -0.2) is 107 Å². The summed E-state index contributed by atoms with van der Waals surface area (Å²) < 4.78 is 17.7. The Bertz CT molecular complexity index is 2480. The number of hydrogen-bond acceptors (Lipinski definition) is 13. The van der Waals surface area contributed by atoms with Crippen molar-refractivity contribution in [3.8, 4) is 17.1 Å². The number of piperidine rings is 2. The number of anilines is 2. The van der Waals surface area contributed by atoms with Gasteiger partial charge in [0.05, 0.1) is 24.8 Å². The minimum atomic E-state index is -0.639. The number of rotatable bonds is 23. The zero-order valence-corrected chi connectivity index (χ0v) is 38.0. The lowest BCUT2D eigenvalue weighted by molar-refractivity contribution is -0.136. The van der Waals surface area contributed by atoms with Crippen LogP contribution in [0, 0.1) is 0 Å². The highest BCUT2D eigenvalue weighted by atomic mass is 16.5. The van der Waals surface area contributed by atoms with Crippen LogP contribution in [0.25, 0.3) is 11.4 Å². The molecule has 1 unspecified atom stereocenters. The highest BCUT2D eigenvalue weighted by molar-refractivity contribution is 6.06. The van der Waals surface area contributed by atoms with Crippen molar-refractivity contribution in [1.82, 2.24) is 41.0 Å². The number of carbonyl (C=O) groups is 4. The molecule has 8 rings (SSSR count). The summed E-state index contributed by atoms with van der Waals surface area (Å²) in [6, 6.07) is 23.9.